The minimum absolute atomic E-state index is 0.256. The predicted molar refractivity (Wildman–Crippen MR) is 107 cm³/mol. The molecule has 0 aliphatic rings. The Morgan fingerprint density at radius 3 is 2.61 bits per heavy atom. The predicted octanol–water partition coefficient (Wildman–Crippen LogP) is 1.97. The lowest BCUT2D eigenvalue weighted by Gasteiger charge is -2.08. The number of nitrogens with zero attached hydrogens (tertiary/aromatic N) is 3. The third-order valence-corrected chi connectivity index (χ3v) is 4.29. The summed E-state index contributed by atoms with van der Waals surface area (Å²) in [7, 11) is -3.31. The molecule has 0 atom stereocenters. The van der Waals surface area contributed by atoms with Gasteiger partial charge in [-0.3, -0.25) is 9.52 Å². The van der Waals surface area contributed by atoms with Crippen LogP contribution in [0.4, 0.5) is 5.69 Å². The molecule has 0 saturated heterocycles. The zero-order chi connectivity index (χ0) is 20.0. The average molecular weight is 397 g/mol. The number of hydrogen-bond donors (Lipinski definition) is 2. The first kappa shape index (κ1) is 19.3. The van der Waals surface area contributed by atoms with Crippen molar-refractivity contribution in [1.82, 2.24) is 20.1 Å². The van der Waals surface area contributed by atoms with Crippen molar-refractivity contribution in [3.63, 3.8) is 0 Å². The molecule has 2 N–H and O–H groups in total. The van der Waals surface area contributed by atoms with Crippen molar-refractivity contribution in [3.05, 3.63) is 78.3 Å². The van der Waals surface area contributed by atoms with E-state index in [1.54, 1.807) is 65.7 Å². The van der Waals surface area contributed by atoms with Gasteiger partial charge in [0.15, 0.2) is 5.82 Å². The highest BCUT2D eigenvalue weighted by Gasteiger charge is 2.07. The van der Waals surface area contributed by atoms with E-state index in [0.717, 1.165) is 17.4 Å². The van der Waals surface area contributed by atoms with Crippen LogP contribution >= 0.6 is 0 Å². The van der Waals surface area contributed by atoms with Gasteiger partial charge < -0.3 is 5.32 Å². The smallest absolute Gasteiger partial charge is 0.244 e. The van der Waals surface area contributed by atoms with Crippen LogP contribution in [0.3, 0.4) is 0 Å². The highest BCUT2D eigenvalue weighted by Crippen LogP contribution is 2.12. The van der Waals surface area contributed by atoms with Crippen LogP contribution in [0.15, 0.2) is 67.1 Å². The monoisotopic (exact) mass is 397 g/mol. The molecule has 0 fully saturated rings. The van der Waals surface area contributed by atoms with Gasteiger partial charge >= 0.3 is 0 Å². The van der Waals surface area contributed by atoms with E-state index < -0.39 is 10.0 Å². The van der Waals surface area contributed by atoms with E-state index in [1.807, 2.05) is 6.07 Å². The highest BCUT2D eigenvalue weighted by molar-refractivity contribution is 7.92. The van der Waals surface area contributed by atoms with Crippen molar-refractivity contribution in [2.75, 3.05) is 11.0 Å². The summed E-state index contributed by atoms with van der Waals surface area (Å²) < 4.78 is 26.4. The number of pyridine rings is 1. The third-order valence-electron chi connectivity index (χ3n) is 3.68. The molecule has 9 heteroatoms. The normalized spacial score (nSPS) is 11.5. The number of aromatic nitrogens is 3. The Bertz CT molecular complexity index is 1080. The van der Waals surface area contributed by atoms with Crippen molar-refractivity contribution in [3.8, 4) is 5.82 Å². The standard InChI is InChI=1S/C19H19N5O3S/c1-28(26,27)23-17-8-5-15(6-9-17)7-10-18(25)21-14-16-4-2-11-20-19(16)24-13-3-12-22-24/h2-13,23H,14H2,1H3,(H,21,25)/b10-7+. The quantitative estimate of drug-likeness (QED) is 0.593. The van der Waals surface area contributed by atoms with E-state index in [9.17, 15) is 13.2 Å². The van der Waals surface area contributed by atoms with Crippen molar-refractivity contribution < 1.29 is 13.2 Å². The number of amides is 1. The number of benzene rings is 1. The average Bonchev–Trinajstić information content (AvgIpc) is 3.19. The van der Waals surface area contributed by atoms with Gasteiger partial charge in [0, 0.05) is 42.5 Å². The SMILES string of the molecule is CS(=O)(=O)Nc1ccc(/C=C/C(=O)NCc2cccnc2-n2cccn2)cc1. The lowest BCUT2D eigenvalue weighted by molar-refractivity contribution is -0.116. The second-order valence-corrected chi connectivity index (χ2v) is 7.73. The van der Waals surface area contributed by atoms with E-state index >= 15 is 0 Å². The maximum atomic E-state index is 12.1. The molecule has 0 bridgehead atoms. The molecule has 0 aliphatic heterocycles. The van der Waals surface area contributed by atoms with E-state index in [4.69, 9.17) is 0 Å². The Hall–Kier alpha value is -3.46. The van der Waals surface area contributed by atoms with Gasteiger partial charge in [-0.15, -0.1) is 0 Å². The summed E-state index contributed by atoms with van der Waals surface area (Å²) in [4.78, 5) is 16.4. The van der Waals surface area contributed by atoms with E-state index in [2.05, 4.69) is 20.1 Å². The second-order valence-electron chi connectivity index (χ2n) is 5.98. The number of hydrogen-bond acceptors (Lipinski definition) is 5. The number of nitrogens with one attached hydrogen (secondary N) is 2. The van der Waals surface area contributed by atoms with Crippen LogP contribution in [-0.4, -0.2) is 35.3 Å². The van der Waals surface area contributed by atoms with Crippen LogP contribution in [0.2, 0.25) is 0 Å². The fourth-order valence-corrected chi connectivity index (χ4v) is 3.02. The van der Waals surface area contributed by atoms with Gasteiger partial charge in [0.25, 0.3) is 0 Å². The van der Waals surface area contributed by atoms with Crippen molar-refractivity contribution in [2.24, 2.45) is 0 Å². The molecule has 0 spiro atoms. The van der Waals surface area contributed by atoms with Gasteiger partial charge in [-0.25, -0.2) is 18.1 Å². The molecule has 3 aromatic rings. The lowest BCUT2D eigenvalue weighted by atomic mass is 10.2. The van der Waals surface area contributed by atoms with Crippen LogP contribution in [0, 0.1) is 0 Å². The van der Waals surface area contributed by atoms with Crippen LogP contribution in [0.25, 0.3) is 11.9 Å². The van der Waals surface area contributed by atoms with Gasteiger partial charge in [-0.1, -0.05) is 18.2 Å². The molecule has 28 heavy (non-hydrogen) atoms. The molecule has 2 aromatic heterocycles. The van der Waals surface area contributed by atoms with Gasteiger partial charge in [0.1, 0.15) is 0 Å². The minimum atomic E-state index is -3.31. The first-order chi connectivity index (χ1) is 13.4. The summed E-state index contributed by atoms with van der Waals surface area (Å²) in [6, 6.07) is 12.2. The van der Waals surface area contributed by atoms with Crippen LogP contribution < -0.4 is 10.0 Å². The van der Waals surface area contributed by atoms with Crippen molar-refractivity contribution >= 4 is 27.7 Å². The van der Waals surface area contributed by atoms with E-state index in [1.165, 1.54) is 6.08 Å². The fraction of sp³-hybridized carbons (Fsp3) is 0.105. The lowest BCUT2D eigenvalue weighted by Crippen LogP contribution is -2.21. The molecule has 0 radical (unpaired) electrons. The van der Waals surface area contributed by atoms with Gasteiger partial charge in [0.2, 0.25) is 15.9 Å². The van der Waals surface area contributed by atoms with Crippen LogP contribution in [0.1, 0.15) is 11.1 Å². The summed E-state index contributed by atoms with van der Waals surface area (Å²) in [5, 5.41) is 6.98. The maximum Gasteiger partial charge on any atom is 0.244 e. The Morgan fingerprint density at radius 2 is 1.93 bits per heavy atom. The largest absolute Gasteiger partial charge is 0.348 e. The molecule has 3 rings (SSSR count). The molecule has 0 saturated carbocycles. The molecule has 0 aliphatic carbocycles. The summed E-state index contributed by atoms with van der Waals surface area (Å²) in [5.41, 5.74) is 2.07. The third kappa shape index (κ3) is 5.52. The Balaban J connectivity index is 1.59. The Morgan fingerprint density at radius 1 is 1.14 bits per heavy atom. The first-order valence-corrected chi connectivity index (χ1v) is 10.3. The molecule has 2 heterocycles. The number of anilines is 1. The van der Waals surface area contributed by atoms with Gasteiger partial charge in [0.05, 0.1) is 6.26 Å². The van der Waals surface area contributed by atoms with Crippen LogP contribution in [0.5, 0.6) is 0 Å². The molecular formula is C19H19N5O3S. The van der Waals surface area contributed by atoms with Gasteiger partial charge in [-0.05, 0) is 35.9 Å². The maximum absolute atomic E-state index is 12.1. The number of rotatable bonds is 7. The summed E-state index contributed by atoms with van der Waals surface area (Å²) >= 11 is 0. The summed E-state index contributed by atoms with van der Waals surface area (Å²) in [6.45, 7) is 0.309. The summed E-state index contributed by atoms with van der Waals surface area (Å²) in [6.07, 6.45) is 9.28. The second kappa shape index (κ2) is 8.49. The molecule has 1 amide bonds. The molecular weight excluding hydrogens is 378 g/mol. The van der Waals surface area contributed by atoms with Gasteiger partial charge in [-0.2, -0.15) is 5.10 Å². The van der Waals surface area contributed by atoms with E-state index in [0.29, 0.717) is 18.1 Å². The highest BCUT2D eigenvalue weighted by atomic mass is 32.2. The zero-order valence-electron chi connectivity index (χ0n) is 15.1. The topological polar surface area (TPSA) is 106 Å². The molecule has 0 unspecified atom stereocenters. The van der Waals surface area contributed by atoms with E-state index in [-0.39, 0.29) is 5.91 Å². The Kier molecular flexibility index (Phi) is 5.85. The summed E-state index contributed by atoms with van der Waals surface area (Å²) in [5.74, 6) is 0.402. The van der Waals surface area contributed by atoms with Crippen LogP contribution in [-0.2, 0) is 21.4 Å². The molecule has 8 nitrogen and oxygen atoms in total. The molecule has 144 valence electrons. The number of carbonyl (C=O) groups excluding carboxylic acids is 1. The number of carbonyl (C=O) groups is 1. The zero-order valence-corrected chi connectivity index (χ0v) is 15.9. The van der Waals surface area contributed by atoms with Crippen molar-refractivity contribution in [1.29, 1.82) is 0 Å². The fourth-order valence-electron chi connectivity index (χ4n) is 2.46. The minimum Gasteiger partial charge on any atom is -0.348 e. The van der Waals surface area contributed by atoms with Crippen molar-refractivity contribution in [2.45, 2.75) is 6.54 Å². The molecule has 1 aromatic carbocycles. The number of sulfonamides is 1. The Labute approximate surface area is 163 Å². The first-order valence-electron chi connectivity index (χ1n) is 8.38.